The monoisotopic (exact) mass is 374 g/mol. The molecule has 0 atom stereocenters. The number of hydrogen-bond acceptors (Lipinski definition) is 5. The third kappa shape index (κ3) is 5.49. The van der Waals surface area contributed by atoms with E-state index in [9.17, 15) is 26.4 Å². The summed E-state index contributed by atoms with van der Waals surface area (Å²) in [6.45, 7) is 0.0539. The average molecular weight is 374 g/mol. The van der Waals surface area contributed by atoms with Crippen LogP contribution in [0, 0.1) is 0 Å². The zero-order valence-electron chi connectivity index (χ0n) is 12.7. The van der Waals surface area contributed by atoms with Crippen molar-refractivity contribution in [1.82, 2.24) is 0 Å². The predicted octanol–water partition coefficient (Wildman–Crippen LogP) is 3.20. The van der Waals surface area contributed by atoms with Crippen molar-refractivity contribution in [1.29, 1.82) is 0 Å². The van der Waals surface area contributed by atoms with Crippen LogP contribution in [-0.2, 0) is 32.7 Å². The lowest BCUT2D eigenvalue weighted by Crippen LogP contribution is -2.28. The van der Waals surface area contributed by atoms with Gasteiger partial charge in [-0.2, -0.15) is 21.6 Å². The van der Waals surface area contributed by atoms with E-state index in [-0.39, 0.29) is 18.6 Å². The molecule has 2 aromatic rings. The van der Waals surface area contributed by atoms with E-state index >= 15 is 0 Å². The number of rotatable bonds is 6. The van der Waals surface area contributed by atoms with Gasteiger partial charge in [0.15, 0.2) is 0 Å². The molecule has 0 bridgehead atoms. The molecule has 0 heterocycles. The standard InChI is InChI=1S/C16H13F3O5S/c17-16(18,19)25(21,22)24-14-8-4-7-13(9-14)10-15(20)23-11-12-5-2-1-3-6-12/h1-9H,10-11H2. The van der Waals surface area contributed by atoms with E-state index in [2.05, 4.69) is 4.18 Å². The maximum absolute atomic E-state index is 12.3. The lowest BCUT2D eigenvalue weighted by atomic mass is 10.1. The van der Waals surface area contributed by atoms with Gasteiger partial charge in [-0.3, -0.25) is 4.79 Å². The van der Waals surface area contributed by atoms with Crippen LogP contribution in [-0.4, -0.2) is 19.9 Å². The van der Waals surface area contributed by atoms with Gasteiger partial charge >= 0.3 is 21.6 Å². The Bertz CT molecular complexity index is 832. The average Bonchev–Trinajstić information content (AvgIpc) is 2.53. The number of ether oxygens (including phenoxy) is 1. The van der Waals surface area contributed by atoms with Gasteiger partial charge in [-0.1, -0.05) is 42.5 Å². The van der Waals surface area contributed by atoms with Gasteiger partial charge in [0.05, 0.1) is 6.42 Å². The molecule has 0 aliphatic carbocycles. The van der Waals surface area contributed by atoms with Crippen molar-refractivity contribution in [3.8, 4) is 5.75 Å². The van der Waals surface area contributed by atoms with E-state index in [1.54, 1.807) is 24.3 Å². The fourth-order valence-electron chi connectivity index (χ4n) is 1.84. The molecule has 0 fully saturated rings. The molecule has 0 aromatic heterocycles. The summed E-state index contributed by atoms with van der Waals surface area (Å²) in [4.78, 5) is 11.8. The molecule has 9 heteroatoms. The third-order valence-electron chi connectivity index (χ3n) is 2.98. The molecule has 0 spiro atoms. The quantitative estimate of drug-likeness (QED) is 0.441. The number of carbonyl (C=O) groups is 1. The van der Waals surface area contributed by atoms with Crippen LogP contribution in [0.2, 0.25) is 0 Å². The van der Waals surface area contributed by atoms with Crippen molar-refractivity contribution >= 4 is 16.1 Å². The normalized spacial score (nSPS) is 11.8. The Kier molecular flexibility index (Phi) is 5.68. The topological polar surface area (TPSA) is 69.7 Å². The first-order valence-electron chi connectivity index (χ1n) is 6.96. The first-order valence-corrected chi connectivity index (χ1v) is 8.37. The molecule has 0 amide bonds. The minimum absolute atomic E-state index is 0.0539. The van der Waals surface area contributed by atoms with E-state index in [0.717, 1.165) is 17.7 Å². The van der Waals surface area contributed by atoms with E-state index in [0.29, 0.717) is 0 Å². The fraction of sp³-hybridized carbons (Fsp3) is 0.188. The van der Waals surface area contributed by atoms with Crippen LogP contribution in [0.15, 0.2) is 54.6 Å². The van der Waals surface area contributed by atoms with Crippen LogP contribution >= 0.6 is 0 Å². The van der Waals surface area contributed by atoms with Crippen LogP contribution in [0.1, 0.15) is 11.1 Å². The second-order valence-corrected chi connectivity index (χ2v) is 6.49. The number of esters is 1. The van der Waals surface area contributed by atoms with Crippen molar-refractivity contribution in [3.05, 3.63) is 65.7 Å². The summed E-state index contributed by atoms with van der Waals surface area (Å²) in [7, 11) is -5.76. The van der Waals surface area contributed by atoms with Crippen LogP contribution in [0.3, 0.4) is 0 Å². The molecule has 0 saturated carbocycles. The number of alkyl halides is 3. The Balaban J connectivity index is 1.98. The Morgan fingerprint density at radius 1 is 0.960 bits per heavy atom. The van der Waals surface area contributed by atoms with Gasteiger partial charge in [0.1, 0.15) is 12.4 Å². The molecular weight excluding hydrogens is 361 g/mol. The van der Waals surface area contributed by atoms with Gasteiger partial charge in [-0.15, -0.1) is 0 Å². The zero-order chi connectivity index (χ0) is 18.5. The van der Waals surface area contributed by atoms with E-state index in [1.807, 2.05) is 6.07 Å². The van der Waals surface area contributed by atoms with E-state index in [1.165, 1.54) is 12.1 Å². The fourth-order valence-corrected chi connectivity index (χ4v) is 2.29. The van der Waals surface area contributed by atoms with Gasteiger partial charge in [-0.25, -0.2) is 0 Å². The molecule has 0 N–H and O–H groups in total. The van der Waals surface area contributed by atoms with E-state index in [4.69, 9.17) is 4.74 Å². The smallest absolute Gasteiger partial charge is 0.461 e. The molecule has 25 heavy (non-hydrogen) atoms. The zero-order valence-corrected chi connectivity index (χ0v) is 13.5. The molecule has 0 saturated heterocycles. The summed E-state index contributed by atoms with van der Waals surface area (Å²) >= 11 is 0. The SMILES string of the molecule is O=C(Cc1cccc(OS(=O)(=O)C(F)(F)F)c1)OCc1ccccc1. The summed E-state index contributed by atoms with van der Waals surface area (Å²) in [6.07, 6.45) is -0.240. The molecule has 5 nitrogen and oxygen atoms in total. The number of hydrogen-bond donors (Lipinski definition) is 0. The molecule has 134 valence electrons. The summed E-state index contributed by atoms with van der Waals surface area (Å²) in [5.41, 5.74) is -4.49. The Labute approximate surface area is 142 Å². The molecular formula is C16H13F3O5S. The summed E-state index contributed by atoms with van der Waals surface area (Å²) in [5, 5.41) is 0. The molecule has 0 unspecified atom stereocenters. The van der Waals surface area contributed by atoms with Gasteiger partial charge in [0.2, 0.25) is 0 Å². The Morgan fingerprint density at radius 3 is 2.24 bits per heavy atom. The Morgan fingerprint density at radius 2 is 1.60 bits per heavy atom. The largest absolute Gasteiger partial charge is 0.534 e. The van der Waals surface area contributed by atoms with Crippen LogP contribution in [0.4, 0.5) is 13.2 Å². The van der Waals surface area contributed by atoms with Gasteiger partial charge in [-0.05, 0) is 23.3 Å². The van der Waals surface area contributed by atoms with E-state index < -0.39 is 27.3 Å². The number of benzene rings is 2. The summed E-state index contributed by atoms with van der Waals surface area (Å²) in [6, 6.07) is 13.7. The highest BCUT2D eigenvalue weighted by Gasteiger charge is 2.48. The number of carbonyl (C=O) groups excluding carboxylic acids is 1. The Hall–Kier alpha value is -2.55. The second-order valence-electron chi connectivity index (χ2n) is 4.95. The van der Waals surface area contributed by atoms with Crippen molar-refractivity contribution in [3.63, 3.8) is 0 Å². The second kappa shape index (κ2) is 7.56. The summed E-state index contributed by atoms with van der Waals surface area (Å²) in [5.74, 6) is -1.15. The number of halogens is 3. The minimum atomic E-state index is -5.76. The van der Waals surface area contributed by atoms with Crippen LogP contribution < -0.4 is 4.18 Å². The highest BCUT2D eigenvalue weighted by atomic mass is 32.2. The van der Waals surface area contributed by atoms with Gasteiger partial charge in [0.25, 0.3) is 0 Å². The minimum Gasteiger partial charge on any atom is -0.461 e. The first kappa shape index (κ1) is 18.8. The lowest BCUT2D eigenvalue weighted by Gasteiger charge is -2.10. The van der Waals surface area contributed by atoms with Crippen molar-refractivity contribution in [2.75, 3.05) is 0 Å². The van der Waals surface area contributed by atoms with Crippen molar-refractivity contribution in [2.45, 2.75) is 18.5 Å². The molecule has 0 aliphatic heterocycles. The van der Waals surface area contributed by atoms with Crippen molar-refractivity contribution < 1.29 is 35.3 Å². The highest BCUT2D eigenvalue weighted by molar-refractivity contribution is 7.88. The van der Waals surface area contributed by atoms with Crippen LogP contribution in [0.25, 0.3) is 0 Å². The molecule has 0 aliphatic rings. The predicted molar refractivity (Wildman–Crippen MR) is 82.0 cm³/mol. The van der Waals surface area contributed by atoms with Gasteiger partial charge < -0.3 is 8.92 Å². The van der Waals surface area contributed by atoms with Gasteiger partial charge in [0, 0.05) is 0 Å². The molecule has 2 aromatic carbocycles. The highest BCUT2D eigenvalue weighted by Crippen LogP contribution is 2.27. The summed E-state index contributed by atoms with van der Waals surface area (Å²) < 4.78 is 67.9. The maximum Gasteiger partial charge on any atom is 0.534 e. The van der Waals surface area contributed by atoms with Crippen molar-refractivity contribution in [2.24, 2.45) is 0 Å². The lowest BCUT2D eigenvalue weighted by molar-refractivity contribution is -0.144. The third-order valence-corrected chi connectivity index (χ3v) is 3.96. The first-order chi connectivity index (χ1) is 11.7. The molecule has 2 rings (SSSR count). The van der Waals surface area contributed by atoms with Crippen LogP contribution in [0.5, 0.6) is 5.75 Å². The molecule has 0 radical (unpaired) electrons. The maximum atomic E-state index is 12.3.